The number of non-ortho nitro benzene ring substituents is 1. The topological polar surface area (TPSA) is 75.5 Å². The van der Waals surface area contributed by atoms with E-state index in [9.17, 15) is 14.9 Å². The number of likely N-dealkylation sites (N-methyl/N-ethyl adjacent to an activating group) is 1. The van der Waals surface area contributed by atoms with E-state index >= 15 is 0 Å². The van der Waals surface area contributed by atoms with Gasteiger partial charge in [-0.3, -0.25) is 19.8 Å². The van der Waals surface area contributed by atoms with Gasteiger partial charge in [0.25, 0.3) is 5.69 Å². The second kappa shape index (κ2) is 7.60. The second-order valence-corrected chi connectivity index (χ2v) is 4.43. The van der Waals surface area contributed by atoms with Gasteiger partial charge >= 0.3 is 0 Å². The van der Waals surface area contributed by atoms with Crippen LogP contribution >= 0.6 is 0 Å². The van der Waals surface area contributed by atoms with Crippen LogP contribution in [0.3, 0.4) is 0 Å². The summed E-state index contributed by atoms with van der Waals surface area (Å²) in [6, 6.07) is 5.85. The van der Waals surface area contributed by atoms with Crippen LogP contribution in [0.1, 0.15) is 16.8 Å². The smallest absolute Gasteiger partial charge is 0.270 e. The van der Waals surface area contributed by atoms with E-state index in [2.05, 4.69) is 5.32 Å². The fraction of sp³-hybridized carbons (Fsp3) is 0.462. The molecule has 0 aliphatic carbocycles. The first kappa shape index (κ1) is 15.3. The molecule has 0 aliphatic heterocycles. The van der Waals surface area contributed by atoms with Gasteiger partial charge in [0.15, 0.2) is 5.78 Å². The number of benzene rings is 1. The average Bonchev–Trinajstić information content (AvgIpc) is 2.39. The fourth-order valence-electron chi connectivity index (χ4n) is 1.73. The molecule has 104 valence electrons. The van der Waals surface area contributed by atoms with Gasteiger partial charge in [-0.25, -0.2) is 0 Å². The van der Waals surface area contributed by atoms with Crippen LogP contribution in [0.15, 0.2) is 24.3 Å². The molecule has 1 aromatic carbocycles. The van der Waals surface area contributed by atoms with Gasteiger partial charge in [-0.2, -0.15) is 0 Å². The summed E-state index contributed by atoms with van der Waals surface area (Å²) in [5.41, 5.74) is 0.332. The molecule has 0 aliphatic rings. The number of nitrogens with one attached hydrogen (secondary N) is 1. The molecule has 0 radical (unpaired) electrons. The summed E-state index contributed by atoms with van der Waals surface area (Å²) in [7, 11) is 3.75. The number of rotatable bonds is 8. The number of nitro benzene ring substituents is 1. The van der Waals surface area contributed by atoms with Crippen LogP contribution in [-0.4, -0.2) is 49.3 Å². The van der Waals surface area contributed by atoms with Gasteiger partial charge in [0.1, 0.15) is 0 Å². The molecule has 0 unspecified atom stereocenters. The van der Waals surface area contributed by atoms with E-state index in [4.69, 9.17) is 0 Å². The standard InChI is InChI=1S/C13H19N3O3/c1-14-7-4-8-15(2)10-13(17)11-5-3-6-12(9-11)16(18)19/h3,5-6,9,14H,4,7-8,10H2,1-2H3. The molecular formula is C13H19N3O3. The minimum atomic E-state index is -0.493. The molecule has 0 saturated carbocycles. The lowest BCUT2D eigenvalue weighted by atomic mass is 10.1. The first-order valence-corrected chi connectivity index (χ1v) is 6.15. The van der Waals surface area contributed by atoms with Crippen molar-refractivity contribution in [2.45, 2.75) is 6.42 Å². The summed E-state index contributed by atoms with van der Waals surface area (Å²) < 4.78 is 0. The number of carbonyl (C=O) groups is 1. The predicted molar refractivity (Wildman–Crippen MR) is 73.5 cm³/mol. The average molecular weight is 265 g/mol. The molecule has 0 saturated heterocycles. The number of hydrogen-bond acceptors (Lipinski definition) is 5. The van der Waals surface area contributed by atoms with Crippen LogP contribution in [0, 0.1) is 10.1 Å². The number of hydrogen-bond donors (Lipinski definition) is 1. The Hall–Kier alpha value is -1.79. The first-order chi connectivity index (χ1) is 9.04. The Kier molecular flexibility index (Phi) is 6.11. The van der Waals surface area contributed by atoms with Crippen LogP contribution < -0.4 is 5.32 Å². The van der Waals surface area contributed by atoms with Crippen molar-refractivity contribution in [2.75, 3.05) is 33.7 Å². The van der Waals surface area contributed by atoms with Crippen molar-refractivity contribution in [3.05, 3.63) is 39.9 Å². The van der Waals surface area contributed by atoms with Crippen molar-refractivity contribution in [3.63, 3.8) is 0 Å². The molecule has 0 amide bonds. The lowest BCUT2D eigenvalue weighted by molar-refractivity contribution is -0.384. The van der Waals surface area contributed by atoms with Gasteiger partial charge in [-0.05, 0) is 33.6 Å². The number of nitrogens with zero attached hydrogens (tertiary/aromatic N) is 2. The second-order valence-electron chi connectivity index (χ2n) is 4.43. The lowest BCUT2D eigenvalue weighted by Gasteiger charge is -2.15. The van der Waals surface area contributed by atoms with Crippen molar-refractivity contribution < 1.29 is 9.72 Å². The van der Waals surface area contributed by atoms with Crippen molar-refractivity contribution in [1.82, 2.24) is 10.2 Å². The van der Waals surface area contributed by atoms with E-state index in [1.165, 1.54) is 18.2 Å². The molecule has 0 aromatic heterocycles. The summed E-state index contributed by atoms with van der Waals surface area (Å²) in [4.78, 5) is 24.1. The van der Waals surface area contributed by atoms with Gasteiger partial charge in [0, 0.05) is 17.7 Å². The molecule has 0 bridgehead atoms. The fourth-order valence-corrected chi connectivity index (χ4v) is 1.73. The van der Waals surface area contributed by atoms with Crippen LogP contribution in [0.2, 0.25) is 0 Å². The van der Waals surface area contributed by atoms with Gasteiger partial charge in [0.2, 0.25) is 0 Å². The number of ketones is 1. The summed E-state index contributed by atoms with van der Waals surface area (Å²) in [6.07, 6.45) is 0.954. The summed E-state index contributed by atoms with van der Waals surface area (Å²) in [6.45, 7) is 1.97. The molecule has 6 heteroatoms. The number of Topliss-reactive ketones (excluding diaryl/α,β-unsaturated/α-hetero) is 1. The predicted octanol–water partition coefficient (Wildman–Crippen LogP) is 1.32. The molecule has 0 spiro atoms. The normalized spacial score (nSPS) is 10.7. The molecule has 1 N–H and O–H groups in total. The van der Waals surface area contributed by atoms with E-state index < -0.39 is 4.92 Å². The largest absolute Gasteiger partial charge is 0.320 e. The van der Waals surface area contributed by atoms with Crippen LogP contribution in [-0.2, 0) is 0 Å². The summed E-state index contributed by atoms with van der Waals surface area (Å²) >= 11 is 0. The molecule has 1 rings (SSSR count). The Morgan fingerprint density at radius 2 is 2.21 bits per heavy atom. The quantitative estimate of drug-likeness (QED) is 0.332. The first-order valence-electron chi connectivity index (χ1n) is 6.15. The third-order valence-corrected chi connectivity index (χ3v) is 2.76. The summed E-state index contributed by atoms with van der Waals surface area (Å²) in [5, 5.41) is 13.7. The third kappa shape index (κ3) is 5.15. The highest BCUT2D eigenvalue weighted by molar-refractivity contribution is 5.98. The van der Waals surface area contributed by atoms with Gasteiger partial charge in [0.05, 0.1) is 11.5 Å². The van der Waals surface area contributed by atoms with E-state index in [-0.39, 0.29) is 18.0 Å². The monoisotopic (exact) mass is 265 g/mol. The zero-order valence-electron chi connectivity index (χ0n) is 11.3. The van der Waals surface area contributed by atoms with Gasteiger partial charge < -0.3 is 5.32 Å². The van der Waals surface area contributed by atoms with E-state index in [0.29, 0.717) is 5.56 Å². The lowest BCUT2D eigenvalue weighted by Crippen LogP contribution is -2.28. The van der Waals surface area contributed by atoms with E-state index in [1.807, 2.05) is 19.0 Å². The maximum atomic E-state index is 12.0. The minimum absolute atomic E-state index is 0.0521. The zero-order valence-corrected chi connectivity index (χ0v) is 11.3. The molecule has 0 fully saturated rings. The Morgan fingerprint density at radius 1 is 1.47 bits per heavy atom. The number of nitro groups is 1. The third-order valence-electron chi connectivity index (χ3n) is 2.76. The van der Waals surface area contributed by atoms with E-state index in [0.717, 1.165) is 19.5 Å². The highest BCUT2D eigenvalue weighted by Crippen LogP contribution is 2.13. The van der Waals surface area contributed by atoms with Crippen LogP contribution in [0.25, 0.3) is 0 Å². The molecule has 0 heterocycles. The molecule has 0 atom stereocenters. The van der Waals surface area contributed by atoms with Crippen molar-refractivity contribution >= 4 is 11.5 Å². The maximum absolute atomic E-state index is 12.0. The minimum Gasteiger partial charge on any atom is -0.320 e. The SMILES string of the molecule is CNCCCN(C)CC(=O)c1cccc([N+](=O)[O-])c1. The van der Waals surface area contributed by atoms with Crippen LogP contribution in [0.5, 0.6) is 0 Å². The highest BCUT2D eigenvalue weighted by Gasteiger charge is 2.13. The number of carbonyl (C=O) groups excluding carboxylic acids is 1. The highest BCUT2D eigenvalue weighted by atomic mass is 16.6. The van der Waals surface area contributed by atoms with Crippen molar-refractivity contribution in [3.8, 4) is 0 Å². The van der Waals surface area contributed by atoms with Gasteiger partial charge in [-0.1, -0.05) is 12.1 Å². The Morgan fingerprint density at radius 3 is 2.84 bits per heavy atom. The molecule has 6 nitrogen and oxygen atoms in total. The zero-order chi connectivity index (χ0) is 14.3. The van der Waals surface area contributed by atoms with Crippen molar-refractivity contribution in [2.24, 2.45) is 0 Å². The Labute approximate surface area is 112 Å². The Bertz CT molecular complexity index is 449. The molecule has 19 heavy (non-hydrogen) atoms. The maximum Gasteiger partial charge on any atom is 0.270 e. The van der Waals surface area contributed by atoms with E-state index in [1.54, 1.807) is 6.07 Å². The Balaban J connectivity index is 2.57. The molecule has 1 aromatic rings. The van der Waals surface area contributed by atoms with Crippen molar-refractivity contribution in [1.29, 1.82) is 0 Å². The summed E-state index contributed by atoms with van der Waals surface area (Å²) in [5.74, 6) is -0.101. The van der Waals surface area contributed by atoms with Crippen LogP contribution in [0.4, 0.5) is 5.69 Å². The molecular weight excluding hydrogens is 246 g/mol. The van der Waals surface area contributed by atoms with Gasteiger partial charge in [-0.15, -0.1) is 0 Å².